The normalized spacial score (nSPS) is 13.1. The van der Waals surface area contributed by atoms with Gasteiger partial charge in [-0.05, 0) is 27.2 Å². The van der Waals surface area contributed by atoms with Gasteiger partial charge in [0.2, 0.25) is 0 Å². The summed E-state index contributed by atoms with van der Waals surface area (Å²) in [4.78, 5) is 2.12. The zero-order valence-electron chi connectivity index (χ0n) is 12.3. The number of rotatable bonds is 6. The lowest BCUT2D eigenvalue weighted by Gasteiger charge is -2.18. The van der Waals surface area contributed by atoms with Crippen LogP contribution in [0.15, 0.2) is 18.5 Å². The first-order valence-electron chi connectivity index (χ1n) is 6.55. The van der Waals surface area contributed by atoms with E-state index in [9.17, 15) is 0 Å². The van der Waals surface area contributed by atoms with Crippen molar-refractivity contribution in [2.45, 2.75) is 12.6 Å². The van der Waals surface area contributed by atoms with E-state index in [0.29, 0.717) is 5.02 Å². The molecule has 0 radical (unpaired) electrons. The highest BCUT2D eigenvalue weighted by atomic mass is 35.5. The van der Waals surface area contributed by atoms with E-state index in [1.807, 2.05) is 45.1 Å². The average Bonchev–Trinajstić information content (AvgIpc) is 2.97. The van der Waals surface area contributed by atoms with Gasteiger partial charge >= 0.3 is 0 Å². The Balaban J connectivity index is 2.31. The molecule has 1 unspecified atom stereocenters. The van der Waals surface area contributed by atoms with E-state index in [4.69, 9.17) is 11.6 Å². The molecule has 0 bridgehead atoms. The molecule has 2 aromatic heterocycles. The van der Waals surface area contributed by atoms with Crippen LogP contribution >= 0.6 is 11.6 Å². The van der Waals surface area contributed by atoms with Crippen molar-refractivity contribution in [1.29, 1.82) is 0 Å². The van der Waals surface area contributed by atoms with E-state index in [1.165, 1.54) is 0 Å². The van der Waals surface area contributed by atoms with Crippen LogP contribution in [0.3, 0.4) is 0 Å². The van der Waals surface area contributed by atoms with E-state index in [1.54, 1.807) is 10.9 Å². The van der Waals surface area contributed by atoms with E-state index >= 15 is 0 Å². The SMILES string of the molecule is CNC(c1ccn(C)n1)c1c(Cl)cnn1CCN(C)C. The lowest BCUT2D eigenvalue weighted by molar-refractivity contribution is 0.366. The van der Waals surface area contributed by atoms with Crippen LogP contribution in [-0.4, -0.2) is 52.1 Å². The van der Waals surface area contributed by atoms with Gasteiger partial charge in [-0.1, -0.05) is 11.6 Å². The van der Waals surface area contributed by atoms with Crippen molar-refractivity contribution in [1.82, 2.24) is 29.8 Å². The van der Waals surface area contributed by atoms with Crippen molar-refractivity contribution in [2.24, 2.45) is 7.05 Å². The molecule has 0 amide bonds. The van der Waals surface area contributed by atoms with Gasteiger partial charge in [0.05, 0.1) is 35.2 Å². The molecule has 0 saturated carbocycles. The molecule has 0 saturated heterocycles. The van der Waals surface area contributed by atoms with Gasteiger partial charge in [-0.25, -0.2) is 0 Å². The monoisotopic (exact) mass is 296 g/mol. The van der Waals surface area contributed by atoms with E-state index in [2.05, 4.69) is 20.4 Å². The second kappa shape index (κ2) is 6.39. The Labute approximate surface area is 124 Å². The fraction of sp³-hybridized carbons (Fsp3) is 0.538. The van der Waals surface area contributed by atoms with Crippen molar-refractivity contribution in [3.63, 3.8) is 0 Å². The highest BCUT2D eigenvalue weighted by molar-refractivity contribution is 6.31. The summed E-state index contributed by atoms with van der Waals surface area (Å²) in [5, 5.41) is 12.8. The summed E-state index contributed by atoms with van der Waals surface area (Å²) in [6.07, 6.45) is 3.62. The number of aryl methyl sites for hydroxylation is 1. The molecule has 0 fully saturated rings. The van der Waals surface area contributed by atoms with E-state index in [-0.39, 0.29) is 6.04 Å². The van der Waals surface area contributed by atoms with Crippen molar-refractivity contribution in [2.75, 3.05) is 27.7 Å². The Hall–Kier alpha value is -1.37. The maximum atomic E-state index is 6.32. The summed E-state index contributed by atoms with van der Waals surface area (Å²) in [6.45, 7) is 1.70. The zero-order chi connectivity index (χ0) is 14.7. The first-order valence-corrected chi connectivity index (χ1v) is 6.93. The molecular weight excluding hydrogens is 276 g/mol. The molecule has 0 spiro atoms. The minimum absolute atomic E-state index is 0.0617. The largest absolute Gasteiger partial charge is 0.308 e. The van der Waals surface area contributed by atoms with Crippen molar-refractivity contribution in [3.05, 3.63) is 34.9 Å². The van der Waals surface area contributed by atoms with Gasteiger partial charge in [-0.3, -0.25) is 9.36 Å². The lowest BCUT2D eigenvalue weighted by atomic mass is 10.1. The topological polar surface area (TPSA) is 50.9 Å². The van der Waals surface area contributed by atoms with Gasteiger partial charge in [0.1, 0.15) is 0 Å². The highest BCUT2D eigenvalue weighted by Crippen LogP contribution is 2.27. The summed E-state index contributed by atoms with van der Waals surface area (Å²) >= 11 is 6.32. The number of likely N-dealkylation sites (N-methyl/N-ethyl adjacent to an activating group) is 1. The molecule has 2 rings (SSSR count). The Kier molecular flexibility index (Phi) is 4.80. The molecule has 1 N–H and O–H groups in total. The minimum Gasteiger partial charge on any atom is -0.308 e. The second-order valence-electron chi connectivity index (χ2n) is 5.04. The van der Waals surface area contributed by atoms with Gasteiger partial charge in [0.15, 0.2) is 0 Å². The third-order valence-corrected chi connectivity index (χ3v) is 3.48. The molecule has 0 aliphatic heterocycles. The van der Waals surface area contributed by atoms with Crippen molar-refractivity contribution >= 4 is 11.6 Å². The van der Waals surface area contributed by atoms with Crippen molar-refractivity contribution < 1.29 is 0 Å². The highest BCUT2D eigenvalue weighted by Gasteiger charge is 2.22. The summed E-state index contributed by atoms with van der Waals surface area (Å²) in [7, 11) is 7.89. The minimum atomic E-state index is -0.0617. The van der Waals surface area contributed by atoms with Crippen LogP contribution in [0.1, 0.15) is 17.4 Å². The van der Waals surface area contributed by atoms with Gasteiger partial charge in [0, 0.05) is 19.8 Å². The Morgan fingerprint density at radius 1 is 1.45 bits per heavy atom. The molecule has 0 aliphatic carbocycles. The molecule has 20 heavy (non-hydrogen) atoms. The Morgan fingerprint density at radius 2 is 2.20 bits per heavy atom. The number of nitrogens with one attached hydrogen (secondary N) is 1. The zero-order valence-corrected chi connectivity index (χ0v) is 13.1. The summed E-state index contributed by atoms with van der Waals surface area (Å²) in [6, 6.07) is 1.93. The van der Waals surface area contributed by atoms with Crippen LogP contribution < -0.4 is 5.32 Å². The molecule has 2 heterocycles. The van der Waals surface area contributed by atoms with E-state index in [0.717, 1.165) is 24.5 Å². The van der Waals surface area contributed by atoms with Crippen LogP contribution in [0.25, 0.3) is 0 Å². The molecule has 0 aliphatic rings. The fourth-order valence-electron chi connectivity index (χ4n) is 2.14. The van der Waals surface area contributed by atoms with Gasteiger partial charge in [-0.15, -0.1) is 0 Å². The molecule has 7 heteroatoms. The number of nitrogens with zero attached hydrogens (tertiary/aromatic N) is 5. The predicted octanol–water partition coefficient (Wildman–Crippen LogP) is 1.14. The van der Waals surface area contributed by atoms with Gasteiger partial charge in [0.25, 0.3) is 0 Å². The predicted molar refractivity (Wildman–Crippen MR) is 79.9 cm³/mol. The number of aromatic nitrogens is 4. The van der Waals surface area contributed by atoms with Crippen LogP contribution in [0.2, 0.25) is 5.02 Å². The standard InChI is InChI=1S/C13H21ClN6/c1-15-12(11-5-6-19(4)17-11)13-10(14)9-16-20(13)8-7-18(2)3/h5-6,9,12,15H,7-8H2,1-4H3. The molecule has 2 aromatic rings. The molecule has 1 atom stereocenters. The summed E-state index contributed by atoms with van der Waals surface area (Å²) in [5.74, 6) is 0. The van der Waals surface area contributed by atoms with Crippen LogP contribution in [0.5, 0.6) is 0 Å². The first kappa shape index (κ1) is 15.0. The Morgan fingerprint density at radius 3 is 2.75 bits per heavy atom. The molecule has 110 valence electrons. The van der Waals surface area contributed by atoms with Gasteiger partial charge < -0.3 is 10.2 Å². The number of hydrogen-bond acceptors (Lipinski definition) is 4. The van der Waals surface area contributed by atoms with Crippen LogP contribution in [-0.2, 0) is 13.6 Å². The third-order valence-electron chi connectivity index (χ3n) is 3.18. The van der Waals surface area contributed by atoms with Gasteiger partial charge in [-0.2, -0.15) is 10.2 Å². The smallest absolute Gasteiger partial charge is 0.0953 e. The van der Waals surface area contributed by atoms with Crippen LogP contribution in [0, 0.1) is 0 Å². The molecular formula is C13H21ClN6. The van der Waals surface area contributed by atoms with Crippen LogP contribution in [0.4, 0.5) is 0 Å². The maximum absolute atomic E-state index is 6.32. The van der Waals surface area contributed by atoms with Crippen molar-refractivity contribution in [3.8, 4) is 0 Å². The average molecular weight is 297 g/mol. The summed E-state index contributed by atoms with van der Waals surface area (Å²) in [5.41, 5.74) is 1.89. The summed E-state index contributed by atoms with van der Waals surface area (Å²) < 4.78 is 3.73. The number of halogens is 1. The lowest BCUT2D eigenvalue weighted by Crippen LogP contribution is -2.25. The first-order chi connectivity index (χ1) is 9.52. The fourth-order valence-corrected chi connectivity index (χ4v) is 2.39. The molecule has 0 aromatic carbocycles. The second-order valence-corrected chi connectivity index (χ2v) is 5.45. The number of hydrogen-bond donors (Lipinski definition) is 1. The third kappa shape index (κ3) is 3.20. The maximum Gasteiger partial charge on any atom is 0.0953 e. The molecule has 6 nitrogen and oxygen atoms in total. The Bertz CT molecular complexity index is 559. The quantitative estimate of drug-likeness (QED) is 0.868. The van der Waals surface area contributed by atoms with E-state index < -0.39 is 0 Å².